The molecule has 1 aromatic rings. The first-order valence-electron chi connectivity index (χ1n) is 6.09. The van der Waals surface area contributed by atoms with Crippen LogP contribution in [-0.4, -0.2) is 40.5 Å². The summed E-state index contributed by atoms with van der Waals surface area (Å²) in [6, 6.07) is 0.00140. The van der Waals surface area contributed by atoms with Crippen LogP contribution in [-0.2, 0) is 4.79 Å². The van der Waals surface area contributed by atoms with Gasteiger partial charge in [-0.3, -0.25) is 10.1 Å². The number of hydrogen-bond donors (Lipinski definition) is 3. The molecule has 2 rings (SSSR count). The third kappa shape index (κ3) is 5.17. The molecule has 20 heavy (non-hydrogen) atoms. The minimum absolute atomic E-state index is 0.125. The number of nitrogens with one attached hydrogen (secondary N) is 3. The van der Waals surface area contributed by atoms with Crippen molar-refractivity contribution in [2.75, 3.05) is 17.6 Å². The van der Waals surface area contributed by atoms with Gasteiger partial charge in [-0.15, -0.1) is 16.8 Å². The first kappa shape index (κ1) is 14.8. The van der Waals surface area contributed by atoms with Crippen molar-refractivity contribution in [1.29, 1.82) is 0 Å². The number of nitrogens with zero attached hydrogens (tertiary/aromatic N) is 2. The first-order chi connectivity index (χ1) is 9.67. The molecule has 3 amide bonds. The van der Waals surface area contributed by atoms with Crippen molar-refractivity contribution in [3.8, 4) is 0 Å². The third-order valence-electron chi connectivity index (χ3n) is 2.30. The molecule has 108 valence electrons. The van der Waals surface area contributed by atoms with Gasteiger partial charge in [0.25, 0.3) is 0 Å². The number of amides is 3. The van der Waals surface area contributed by atoms with Gasteiger partial charge in [0.2, 0.25) is 11.0 Å². The predicted octanol–water partition coefficient (Wildman–Crippen LogP) is 1.22. The minimum atomic E-state index is -0.524. The SMILES string of the molecule is C=CCNC(=O)NC(=O)CSc1nnc(NC2CC2)s1. The number of anilines is 1. The highest BCUT2D eigenvalue weighted by Gasteiger charge is 2.22. The Morgan fingerprint density at radius 3 is 2.95 bits per heavy atom. The zero-order valence-electron chi connectivity index (χ0n) is 10.7. The molecule has 0 unspecified atom stereocenters. The van der Waals surface area contributed by atoms with Gasteiger partial charge < -0.3 is 10.6 Å². The van der Waals surface area contributed by atoms with Gasteiger partial charge in [0.1, 0.15) is 0 Å². The molecule has 1 saturated carbocycles. The van der Waals surface area contributed by atoms with Gasteiger partial charge in [-0.2, -0.15) is 0 Å². The molecule has 1 heterocycles. The molecule has 3 N–H and O–H groups in total. The summed E-state index contributed by atoms with van der Waals surface area (Å²) >= 11 is 2.67. The summed E-state index contributed by atoms with van der Waals surface area (Å²) in [6.07, 6.45) is 3.88. The van der Waals surface area contributed by atoms with Gasteiger partial charge in [0.05, 0.1) is 5.75 Å². The standard InChI is InChI=1S/C11H15N5O2S2/c1-2-5-12-9(18)14-8(17)6-19-11-16-15-10(20-11)13-7-3-4-7/h2,7H,1,3-6H2,(H,13,15)(H2,12,14,17,18). The molecule has 0 aliphatic heterocycles. The third-order valence-corrected chi connectivity index (χ3v) is 4.29. The number of aromatic nitrogens is 2. The summed E-state index contributed by atoms with van der Waals surface area (Å²) in [6.45, 7) is 3.78. The molecule has 0 radical (unpaired) electrons. The zero-order chi connectivity index (χ0) is 14.4. The van der Waals surface area contributed by atoms with Gasteiger partial charge in [-0.25, -0.2) is 4.79 Å². The van der Waals surface area contributed by atoms with Crippen LogP contribution in [0.4, 0.5) is 9.93 Å². The van der Waals surface area contributed by atoms with Gasteiger partial charge >= 0.3 is 6.03 Å². The van der Waals surface area contributed by atoms with Crippen LogP contribution in [0.1, 0.15) is 12.8 Å². The number of rotatable bonds is 7. The van der Waals surface area contributed by atoms with Crippen LogP contribution in [0.25, 0.3) is 0 Å². The summed E-state index contributed by atoms with van der Waals surface area (Å²) < 4.78 is 0.704. The van der Waals surface area contributed by atoms with Crippen LogP contribution in [0.2, 0.25) is 0 Å². The highest BCUT2D eigenvalue weighted by atomic mass is 32.2. The van der Waals surface area contributed by atoms with E-state index < -0.39 is 6.03 Å². The lowest BCUT2D eigenvalue weighted by molar-refractivity contribution is -0.117. The first-order valence-corrected chi connectivity index (χ1v) is 7.89. The van der Waals surface area contributed by atoms with Crippen molar-refractivity contribution in [2.45, 2.75) is 23.2 Å². The van der Waals surface area contributed by atoms with Crippen molar-refractivity contribution in [1.82, 2.24) is 20.8 Å². The number of urea groups is 1. The Morgan fingerprint density at radius 1 is 1.45 bits per heavy atom. The number of thioether (sulfide) groups is 1. The van der Waals surface area contributed by atoms with Gasteiger partial charge in [-0.1, -0.05) is 29.2 Å². The van der Waals surface area contributed by atoms with E-state index in [0.29, 0.717) is 16.9 Å². The largest absolute Gasteiger partial charge is 0.357 e. The van der Waals surface area contributed by atoms with E-state index in [9.17, 15) is 9.59 Å². The second-order valence-corrected chi connectivity index (χ2v) is 6.33. The lowest BCUT2D eigenvalue weighted by atomic mass is 10.6. The number of imide groups is 1. The van der Waals surface area contributed by atoms with E-state index in [1.165, 1.54) is 42.0 Å². The van der Waals surface area contributed by atoms with E-state index in [0.717, 1.165) is 5.13 Å². The topological polar surface area (TPSA) is 96.0 Å². The summed E-state index contributed by atoms with van der Waals surface area (Å²) in [7, 11) is 0. The Morgan fingerprint density at radius 2 is 2.25 bits per heavy atom. The maximum Gasteiger partial charge on any atom is 0.321 e. The van der Waals surface area contributed by atoms with E-state index in [2.05, 4.69) is 32.7 Å². The van der Waals surface area contributed by atoms with Gasteiger partial charge in [0.15, 0.2) is 4.34 Å². The molecule has 1 aromatic heterocycles. The van der Waals surface area contributed by atoms with Gasteiger partial charge in [0, 0.05) is 12.6 Å². The lowest BCUT2D eigenvalue weighted by Gasteiger charge is -2.03. The number of carbonyl (C=O) groups excluding carboxylic acids is 2. The summed E-state index contributed by atoms with van der Waals surface area (Å²) in [4.78, 5) is 22.7. The fraction of sp³-hybridized carbons (Fsp3) is 0.455. The molecular weight excluding hydrogens is 298 g/mol. The minimum Gasteiger partial charge on any atom is -0.357 e. The van der Waals surface area contributed by atoms with Crippen LogP contribution < -0.4 is 16.0 Å². The molecule has 7 nitrogen and oxygen atoms in total. The highest BCUT2D eigenvalue weighted by Crippen LogP contribution is 2.29. The Hall–Kier alpha value is -1.61. The molecule has 9 heteroatoms. The van der Waals surface area contributed by atoms with E-state index in [1.807, 2.05) is 0 Å². The van der Waals surface area contributed by atoms with E-state index in [1.54, 1.807) is 0 Å². The Labute approximate surface area is 124 Å². The highest BCUT2D eigenvalue weighted by molar-refractivity contribution is 8.01. The summed E-state index contributed by atoms with van der Waals surface area (Å²) in [5.41, 5.74) is 0. The fourth-order valence-electron chi connectivity index (χ4n) is 1.23. The molecule has 0 atom stereocenters. The van der Waals surface area contributed by atoms with Crippen molar-refractivity contribution in [3.05, 3.63) is 12.7 Å². The Bertz CT molecular complexity index is 501. The van der Waals surface area contributed by atoms with Crippen LogP contribution >= 0.6 is 23.1 Å². The molecule has 0 aromatic carbocycles. The average molecular weight is 313 g/mol. The smallest absolute Gasteiger partial charge is 0.321 e. The van der Waals surface area contributed by atoms with E-state index in [-0.39, 0.29) is 11.7 Å². The summed E-state index contributed by atoms with van der Waals surface area (Å²) in [5.74, 6) is -0.247. The molecular formula is C11H15N5O2S2. The maximum atomic E-state index is 11.5. The Balaban J connectivity index is 1.68. The molecule has 0 saturated heterocycles. The molecule has 0 bridgehead atoms. The second kappa shape index (κ2) is 7.25. The number of carbonyl (C=O) groups is 2. The van der Waals surface area contributed by atoms with Crippen molar-refractivity contribution >= 4 is 40.2 Å². The predicted molar refractivity (Wildman–Crippen MR) is 79.0 cm³/mol. The van der Waals surface area contributed by atoms with Crippen molar-refractivity contribution in [2.24, 2.45) is 0 Å². The fourth-order valence-corrected chi connectivity index (χ4v) is 2.86. The van der Waals surface area contributed by atoms with Crippen LogP contribution in [0.15, 0.2) is 17.0 Å². The normalized spacial score (nSPS) is 13.6. The van der Waals surface area contributed by atoms with E-state index in [4.69, 9.17) is 0 Å². The number of hydrogen-bond acceptors (Lipinski definition) is 7. The van der Waals surface area contributed by atoms with Crippen LogP contribution in [0.3, 0.4) is 0 Å². The van der Waals surface area contributed by atoms with Gasteiger partial charge in [-0.05, 0) is 12.8 Å². The summed E-state index contributed by atoms with van der Waals surface area (Å²) in [5, 5.41) is 16.7. The second-order valence-electron chi connectivity index (χ2n) is 4.13. The van der Waals surface area contributed by atoms with Crippen LogP contribution in [0.5, 0.6) is 0 Å². The van der Waals surface area contributed by atoms with Crippen molar-refractivity contribution in [3.63, 3.8) is 0 Å². The monoisotopic (exact) mass is 313 g/mol. The average Bonchev–Trinajstić information content (AvgIpc) is 3.11. The van der Waals surface area contributed by atoms with E-state index >= 15 is 0 Å². The quantitative estimate of drug-likeness (QED) is 0.517. The maximum absolute atomic E-state index is 11.5. The molecule has 0 spiro atoms. The molecule has 1 aliphatic rings. The molecule has 1 fully saturated rings. The van der Waals surface area contributed by atoms with Crippen molar-refractivity contribution < 1.29 is 9.59 Å². The molecule has 1 aliphatic carbocycles. The zero-order valence-corrected chi connectivity index (χ0v) is 12.4. The Kier molecular flexibility index (Phi) is 5.36. The van der Waals surface area contributed by atoms with Crippen LogP contribution in [0, 0.1) is 0 Å². The lowest BCUT2D eigenvalue weighted by Crippen LogP contribution is -2.40.